The van der Waals surface area contributed by atoms with Crippen molar-refractivity contribution in [2.75, 3.05) is 7.11 Å². The maximum absolute atomic E-state index is 13.4. The van der Waals surface area contributed by atoms with Crippen molar-refractivity contribution >= 4 is 44.7 Å². The van der Waals surface area contributed by atoms with Gasteiger partial charge in [0.1, 0.15) is 12.4 Å². The summed E-state index contributed by atoms with van der Waals surface area (Å²) in [7, 11) is 1.34. The summed E-state index contributed by atoms with van der Waals surface area (Å²) >= 11 is 3.38. The molecule has 0 aliphatic carbocycles. The number of ether oxygens (including phenoxy) is 2. The minimum atomic E-state index is -1.10. The van der Waals surface area contributed by atoms with Gasteiger partial charge in [0, 0.05) is 21.5 Å². The lowest BCUT2D eigenvalue weighted by molar-refractivity contribution is -0.386. The van der Waals surface area contributed by atoms with Crippen molar-refractivity contribution in [3.8, 4) is 11.5 Å². The van der Waals surface area contributed by atoms with Crippen molar-refractivity contribution in [3.05, 3.63) is 102 Å². The molecule has 1 aromatic heterocycles. The highest BCUT2D eigenvalue weighted by atomic mass is 79.9. The summed E-state index contributed by atoms with van der Waals surface area (Å²) in [6.07, 6.45) is 1.32. The molecule has 40 heavy (non-hydrogen) atoms. The minimum absolute atomic E-state index is 0.0639. The Labute approximate surface area is 237 Å². The van der Waals surface area contributed by atoms with Gasteiger partial charge < -0.3 is 14.6 Å². The van der Waals surface area contributed by atoms with Gasteiger partial charge in [-0.3, -0.25) is 14.9 Å². The molecule has 1 heterocycles. The molecular weight excluding hydrogens is 584 g/mol. The molecule has 4 aromatic rings. The van der Waals surface area contributed by atoms with Crippen LogP contribution in [0.2, 0.25) is 0 Å². The van der Waals surface area contributed by atoms with Crippen LogP contribution in [0.15, 0.2) is 69.0 Å². The largest absolute Gasteiger partial charge is 0.493 e. The van der Waals surface area contributed by atoms with Crippen molar-refractivity contribution in [1.82, 2.24) is 9.66 Å². The van der Waals surface area contributed by atoms with Crippen molar-refractivity contribution in [3.63, 3.8) is 0 Å². The van der Waals surface area contributed by atoms with Crippen molar-refractivity contribution in [2.24, 2.45) is 5.10 Å². The number of hydrogen-bond donors (Lipinski definition) is 1. The fraction of sp³-hybridized carbons (Fsp3) is 0.214. The first-order valence-electron chi connectivity index (χ1n) is 12.0. The summed E-state index contributed by atoms with van der Waals surface area (Å²) in [5, 5.41) is 25.9. The van der Waals surface area contributed by atoms with E-state index in [4.69, 9.17) is 9.47 Å². The monoisotopic (exact) mass is 608 g/mol. The maximum Gasteiger partial charge on any atom is 0.335 e. The van der Waals surface area contributed by atoms with Crippen LogP contribution in [0.4, 0.5) is 5.69 Å². The molecule has 0 amide bonds. The van der Waals surface area contributed by atoms with Crippen LogP contribution in [-0.2, 0) is 12.0 Å². The molecule has 11 nitrogen and oxygen atoms in total. The van der Waals surface area contributed by atoms with Crippen LogP contribution in [0.1, 0.15) is 48.1 Å². The number of benzene rings is 3. The van der Waals surface area contributed by atoms with Gasteiger partial charge in [-0.1, -0.05) is 48.8 Å². The van der Waals surface area contributed by atoms with E-state index in [1.54, 1.807) is 30.3 Å². The second-order valence-corrected chi connectivity index (χ2v) is 10.7. The van der Waals surface area contributed by atoms with Gasteiger partial charge in [-0.15, -0.1) is 0 Å². The molecule has 0 unspecified atom stereocenters. The summed E-state index contributed by atoms with van der Waals surface area (Å²) in [6, 6.07) is 14.0. The average molecular weight is 609 g/mol. The van der Waals surface area contributed by atoms with Gasteiger partial charge in [-0.2, -0.15) is 9.78 Å². The Morgan fingerprint density at radius 3 is 2.60 bits per heavy atom. The van der Waals surface area contributed by atoms with E-state index in [1.165, 1.54) is 42.3 Å². The Balaban J connectivity index is 1.76. The molecule has 0 aliphatic rings. The number of aromatic carboxylic acids is 1. The zero-order chi connectivity index (χ0) is 29.2. The van der Waals surface area contributed by atoms with Gasteiger partial charge in [-0.25, -0.2) is 9.78 Å². The van der Waals surface area contributed by atoms with E-state index in [0.717, 1.165) is 0 Å². The smallest absolute Gasteiger partial charge is 0.335 e. The number of nitro groups is 1. The molecule has 0 radical (unpaired) electrons. The summed E-state index contributed by atoms with van der Waals surface area (Å²) in [6.45, 7) is 5.57. The first-order chi connectivity index (χ1) is 18.9. The van der Waals surface area contributed by atoms with Crippen LogP contribution < -0.4 is 15.0 Å². The minimum Gasteiger partial charge on any atom is -0.493 e. The molecule has 4 rings (SSSR count). The maximum atomic E-state index is 13.4. The highest BCUT2D eigenvalue weighted by Crippen LogP contribution is 2.38. The lowest BCUT2D eigenvalue weighted by Crippen LogP contribution is -2.29. The number of rotatable bonds is 8. The normalized spacial score (nSPS) is 11.6. The highest BCUT2D eigenvalue weighted by molar-refractivity contribution is 9.10. The Bertz CT molecular complexity index is 1720. The predicted molar refractivity (Wildman–Crippen MR) is 153 cm³/mol. The Kier molecular flexibility index (Phi) is 8.01. The molecule has 12 heteroatoms. The summed E-state index contributed by atoms with van der Waals surface area (Å²) in [5.74, 6) is -0.755. The quantitative estimate of drug-likeness (QED) is 0.156. The number of carboxylic acid groups (broad SMARTS) is 1. The van der Waals surface area contributed by atoms with Crippen molar-refractivity contribution in [1.29, 1.82) is 0 Å². The number of fused-ring (bicyclic) bond motifs is 1. The molecular formula is C28H25BrN4O7. The number of aromatic nitrogens is 2. The van der Waals surface area contributed by atoms with Crippen LogP contribution in [0.25, 0.3) is 10.9 Å². The van der Waals surface area contributed by atoms with Crippen LogP contribution >= 0.6 is 15.9 Å². The first kappa shape index (κ1) is 28.4. The molecule has 0 bridgehead atoms. The zero-order valence-corrected chi connectivity index (χ0v) is 23.6. The fourth-order valence-corrected chi connectivity index (χ4v) is 4.29. The number of nitro benzene ring substituents is 1. The highest BCUT2D eigenvalue weighted by Gasteiger charge is 2.24. The van der Waals surface area contributed by atoms with E-state index in [-0.39, 0.29) is 34.9 Å². The van der Waals surface area contributed by atoms with Gasteiger partial charge >= 0.3 is 11.7 Å². The third-order valence-corrected chi connectivity index (χ3v) is 6.33. The fourth-order valence-electron chi connectivity index (χ4n) is 3.93. The van der Waals surface area contributed by atoms with Crippen LogP contribution in [-0.4, -0.2) is 39.0 Å². The number of hydrogen-bond acceptors (Lipinski definition) is 8. The Morgan fingerprint density at radius 2 is 1.95 bits per heavy atom. The predicted octanol–water partition coefficient (Wildman–Crippen LogP) is 5.53. The Morgan fingerprint density at radius 1 is 1.20 bits per heavy atom. The number of carbonyl (C=O) groups is 1. The summed E-state index contributed by atoms with van der Waals surface area (Å²) in [4.78, 5) is 40.7. The summed E-state index contributed by atoms with van der Waals surface area (Å²) < 4.78 is 13.0. The zero-order valence-electron chi connectivity index (χ0n) is 22.0. The van der Waals surface area contributed by atoms with E-state index < -0.39 is 21.9 Å². The van der Waals surface area contributed by atoms with Gasteiger partial charge in [0.2, 0.25) is 5.75 Å². The molecule has 0 atom stereocenters. The van der Waals surface area contributed by atoms with Gasteiger partial charge in [0.15, 0.2) is 5.75 Å². The number of carboxylic acids is 1. The van der Waals surface area contributed by atoms with Gasteiger partial charge in [0.25, 0.3) is 5.56 Å². The molecule has 0 spiro atoms. The second kappa shape index (κ2) is 11.3. The van der Waals surface area contributed by atoms with Gasteiger partial charge in [-0.05, 0) is 42.0 Å². The van der Waals surface area contributed by atoms with E-state index in [2.05, 4.69) is 26.0 Å². The molecule has 1 N–H and O–H groups in total. The van der Waals surface area contributed by atoms with E-state index in [9.17, 15) is 24.8 Å². The lowest BCUT2D eigenvalue weighted by atomic mass is 9.95. The molecule has 206 valence electrons. The van der Waals surface area contributed by atoms with E-state index in [1.807, 2.05) is 20.8 Å². The van der Waals surface area contributed by atoms with Crippen LogP contribution in [0, 0.1) is 10.1 Å². The van der Waals surface area contributed by atoms with Gasteiger partial charge in [0.05, 0.1) is 34.7 Å². The van der Waals surface area contributed by atoms with Crippen LogP contribution in [0.5, 0.6) is 11.5 Å². The van der Waals surface area contributed by atoms with Crippen LogP contribution in [0.3, 0.4) is 0 Å². The topological polar surface area (TPSA) is 146 Å². The number of methoxy groups -OCH3 is 1. The molecule has 0 saturated carbocycles. The average Bonchev–Trinajstić information content (AvgIpc) is 2.90. The molecule has 3 aromatic carbocycles. The lowest BCUT2D eigenvalue weighted by Gasteiger charge is -2.20. The first-order valence-corrected chi connectivity index (χ1v) is 12.8. The standard InChI is InChI=1S/C28H25BrN4O7/c1-28(2,3)27-31-21-9-8-19(29)13-20(21)25(34)32(27)30-14-17-11-22(33(37)38)24(23(12-17)39-4)40-15-16-6-5-7-18(10-16)26(35)36/h5-14H,15H2,1-4H3,(H,35,36). The van der Waals surface area contributed by atoms with Crippen molar-refractivity contribution < 1.29 is 24.3 Å². The second-order valence-electron chi connectivity index (χ2n) is 9.83. The third-order valence-electron chi connectivity index (χ3n) is 5.83. The number of nitrogens with zero attached hydrogens (tertiary/aromatic N) is 4. The summed E-state index contributed by atoms with van der Waals surface area (Å²) in [5.41, 5.74) is 0.0524. The van der Waals surface area contributed by atoms with E-state index >= 15 is 0 Å². The molecule has 0 fully saturated rings. The number of halogens is 1. The SMILES string of the molecule is COc1cc(C=Nn2c(C(C)(C)C)nc3ccc(Br)cc3c2=O)cc([N+](=O)[O-])c1OCc1cccc(C(=O)O)c1. The van der Waals surface area contributed by atoms with E-state index in [0.29, 0.717) is 26.8 Å². The Hall–Kier alpha value is -4.58. The molecule has 0 saturated heterocycles. The van der Waals surface area contributed by atoms with Crippen molar-refractivity contribution in [2.45, 2.75) is 32.8 Å². The molecule has 0 aliphatic heterocycles. The third kappa shape index (κ3) is 6.01.